The van der Waals surface area contributed by atoms with Gasteiger partial charge in [0.25, 0.3) is 16.8 Å². The van der Waals surface area contributed by atoms with Gasteiger partial charge < -0.3 is 19.4 Å². The van der Waals surface area contributed by atoms with E-state index < -0.39 is 59.0 Å². The number of likely N-dealkylation sites (N-methyl/N-ethyl adjacent to an activating group) is 1. The quantitative estimate of drug-likeness (QED) is 0.157. The van der Waals surface area contributed by atoms with Crippen LogP contribution in [-0.2, 0) is 35.2 Å². The molecule has 1 atom stereocenters. The Hall–Kier alpha value is -4.23. The molecule has 0 aliphatic heterocycles. The number of hydrogen-bond acceptors (Lipinski definition) is 11. The molecule has 0 aliphatic carbocycles. The van der Waals surface area contributed by atoms with E-state index >= 15 is 0 Å². The van der Waals surface area contributed by atoms with Gasteiger partial charge in [0, 0.05) is 12.1 Å². The van der Waals surface area contributed by atoms with E-state index in [2.05, 4.69) is 9.84 Å². The summed E-state index contributed by atoms with van der Waals surface area (Å²) in [6.45, 7) is 5.45. The molecule has 0 radical (unpaired) electrons. The van der Waals surface area contributed by atoms with E-state index in [0.717, 1.165) is 33.5 Å². The molecule has 3 aromatic rings. The van der Waals surface area contributed by atoms with Crippen molar-refractivity contribution < 1.29 is 55.6 Å². The number of ether oxygens (including phenoxy) is 3. The van der Waals surface area contributed by atoms with Crippen LogP contribution in [0.2, 0.25) is 0 Å². The van der Waals surface area contributed by atoms with Crippen LogP contribution < -0.4 is 10.1 Å². The lowest BCUT2D eigenvalue weighted by Crippen LogP contribution is -3.13. The molecule has 3 rings (SSSR count). The van der Waals surface area contributed by atoms with E-state index in [1.165, 1.54) is 12.1 Å². The Labute approximate surface area is 256 Å². The number of carbonyl (C=O) groups is 2. The monoisotopic (exact) mass is 659 g/mol. The molecule has 0 bridgehead atoms. The van der Waals surface area contributed by atoms with Crippen LogP contribution in [0.4, 0.5) is 22.8 Å². The van der Waals surface area contributed by atoms with E-state index in [1.54, 1.807) is 49.8 Å². The Bertz CT molecular complexity index is 1550. The second-order valence-electron chi connectivity index (χ2n) is 9.59. The van der Waals surface area contributed by atoms with Gasteiger partial charge in [-0.05, 0) is 58.0 Å². The van der Waals surface area contributed by atoms with Crippen molar-refractivity contribution in [1.29, 1.82) is 0 Å². The normalized spacial score (nSPS) is 12.7. The number of aromatic nitrogens is 2. The van der Waals surface area contributed by atoms with Crippen LogP contribution in [0.1, 0.15) is 32.0 Å². The number of hydrogen-bond donors (Lipinski definition) is 2. The molecular weight excluding hydrogens is 627 g/mol. The molecule has 0 aliphatic rings. The highest BCUT2D eigenvalue weighted by Crippen LogP contribution is 2.33. The SMILES string of the molecule is CCN(CCOC(=O)NS(=O)(=O)c1ccc(-n2nc(C(F)(F)F)cc2-c2ccc(C)cc2)cc1)[NH+]([O-])OCOC(=O)OC(C)C. The van der Waals surface area contributed by atoms with Gasteiger partial charge >= 0.3 is 18.4 Å². The average molecular weight is 660 g/mol. The molecule has 0 saturated carbocycles. The van der Waals surface area contributed by atoms with Crippen molar-refractivity contribution in [3.8, 4) is 16.9 Å². The van der Waals surface area contributed by atoms with Crippen LogP contribution >= 0.6 is 0 Å². The third-order valence-corrected chi connectivity index (χ3v) is 7.21. The van der Waals surface area contributed by atoms with E-state index in [0.29, 0.717) is 5.56 Å². The zero-order chi connectivity index (χ0) is 33.4. The van der Waals surface area contributed by atoms with Crippen molar-refractivity contribution in [1.82, 2.24) is 19.5 Å². The number of benzene rings is 2. The summed E-state index contributed by atoms with van der Waals surface area (Å²) in [5.41, 5.74) is 0.495. The van der Waals surface area contributed by atoms with Crippen LogP contribution in [0.5, 0.6) is 0 Å². The first-order chi connectivity index (χ1) is 21.1. The van der Waals surface area contributed by atoms with E-state index in [4.69, 9.17) is 14.3 Å². The number of aryl methyl sites for hydroxylation is 1. The van der Waals surface area contributed by atoms with Crippen LogP contribution in [0.3, 0.4) is 0 Å². The van der Waals surface area contributed by atoms with Gasteiger partial charge in [-0.2, -0.15) is 18.3 Å². The van der Waals surface area contributed by atoms with E-state index in [9.17, 15) is 36.4 Å². The predicted molar refractivity (Wildman–Crippen MR) is 151 cm³/mol. The van der Waals surface area contributed by atoms with Crippen LogP contribution in [-0.4, -0.2) is 68.0 Å². The molecule has 246 valence electrons. The molecule has 0 fully saturated rings. The zero-order valence-corrected chi connectivity index (χ0v) is 25.5. The molecule has 14 nitrogen and oxygen atoms in total. The van der Waals surface area contributed by atoms with E-state index in [1.807, 2.05) is 6.92 Å². The Kier molecular flexibility index (Phi) is 11.9. The largest absolute Gasteiger partial charge is 0.579 e. The number of amides is 1. The second-order valence-corrected chi connectivity index (χ2v) is 11.3. The Balaban J connectivity index is 1.60. The molecule has 0 saturated heterocycles. The Morgan fingerprint density at radius 2 is 1.73 bits per heavy atom. The number of sulfonamides is 1. The average Bonchev–Trinajstić information content (AvgIpc) is 3.41. The number of alkyl halides is 3. The smallest absolute Gasteiger partial charge is 0.510 e. The summed E-state index contributed by atoms with van der Waals surface area (Å²) in [6.07, 6.45) is -7.52. The van der Waals surface area contributed by atoms with Gasteiger partial charge in [-0.15, -0.1) is 15.2 Å². The maximum absolute atomic E-state index is 13.5. The molecule has 2 N–H and O–H groups in total. The highest BCUT2D eigenvalue weighted by molar-refractivity contribution is 7.90. The fourth-order valence-electron chi connectivity index (χ4n) is 3.68. The topological polar surface area (TPSA) is 166 Å². The van der Waals surface area contributed by atoms with Gasteiger partial charge in [0.2, 0.25) is 0 Å². The van der Waals surface area contributed by atoms with E-state index in [-0.39, 0.29) is 29.4 Å². The third kappa shape index (κ3) is 10.1. The number of nitrogens with one attached hydrogen (secondary N) is 2. The number of carbonyl (C=O) groups excluding carboxylic acids is 2. The molecule has 1 amide bonds. The number of nitrogens with zero attached hydrogens (tertiary/aromatic N) is 3. The number of halogens is 3. The van der Waals surface area contributed by atoms with Crippen molar-refractivity contribution in [2.45, 2.75) is 44.9 Å². The first-order valence-corrected chi connectivity index (χ1v) is 14.9. The van der Waals surface area contributed by atoms with Crippen molar-refractivity contribution in [3.05, 3.63) is 71.1 Å². The van der Waals surface area contributed by atoms with Crippen molar-refractivity contribution >= 4 is 22.3 Å². The minimum Gasteiger partial charge on any atom is -0.579 e. The highest BCUT2D eigenvalue weighted by atomic mass is 32.2. The molecule has 2 aromatic carbocycles. The number of rotatable bonds is 13. The van der Waals surface area contributed by atoms with Gasteiger partial charge in [-0.1, -0.05) is 29.8 Å². The Morgan fingerprint density at radius 1 is 1.09 bits per heavy atom. The minimum absolute atomic E-state index is 0.122. The molecular formula is C27H32F3N5O9S. The zero-order valence-electron chi connectivity index (χ0n) is 24.7. The molecule has 1 heterocycles. The lowest BCUT2D eigenvalue weighted by atomic mass is 10.1. The van der Waals surface area contributed by atoms with Crippen LogP contribution in [0.15, 0.2) is 59.5 Å². The maximum atomic E-state index is 13.5. The van der Waals surface area contributed by atoms with Gasteiger partial charge in [0.05, 0.1) is 28.9 Å². The van der Waals surface area contributed by atoms with Gasteiger partial charge in [-0.3, -0.25) is 0 Å². The molecule has 1 unspecified atom stereocenters. The second kappa shape index (κ2) is 15.2. The fraction of sp³-hybridized carbons (Fsp3) is 0.370. The third-order valence-electron chi connectivity index (χ3n) is 5.88. The lowest BCUT2D eigenvalue weighted by Gasteiger charge is -2.29. The summed E-state index contributed by atoms with van der Waals surface area (Å²) in [6, 6.07) is 12.3. The molecule has 18 heteroatoms. The summed E-state index contributed by atoms with van der Waals surface area (Å²) in [5.74, 6) is 0. The van der Waals surface area contributed by atoms with Crippen LogP contribution in [0.25, 0.3) is 16.9 Å². The Morgan fingerprint density at radius 3 is 2.31 bits per heavy atom. The van der Waals surface area contributed by atoms with Crippen molar-refractivity contribution in [2.24, 2.45) is 0 Å². The summed E-state index contributed by atoms with van der Waals surface area (Å²) >= 11 is 0. The lowest BCUT2D eigenvalue weighted by molar-refractivity contribution is -1.15. The number of quaternary nitrogens is 1. The van der Waals surface area contributed by atoms with Gasteiger partial charge in [0.15, 0.2) is 5.69 Å². The first-order valence-electron chi connectivity index (χ1n) is 13.4. The summed E-state index contributed by atoms with van der Waals surface area (Å²) in [5, 5.41) is 16.0. The maximum Gasteiger partial charge on any atom is 0.510 e. The molecule has 0 spiro atoms. The summed E-state index contributed by atoms with van der Waals surface area (Å²) in [7, 11) is -4.44. The summed E-state index contributed by atoms with van der Waals surface area (Å²) < 4.78 is 82.8. The van der Waals surface area contributed by atoms with Crippen molar-refractivity contribution in [2.75, 3.05) is 26.5 Å². The molecule has 45 heavy (non-hydrogen) atoms. The summed E-state index contributed by atoms with van der Waals surface area (Å²) in [4.78, 5) is 27.9. The van der Waals surface area contributed by atoms with Crippen molar-refractivity contribution in [3.63, 3.8) is 0 Å². The van der Waals surface area contributed by atoms with Gasteiger partial charge in [0.1, 0.15) is 6.61 Å². The van der Waals surface area contributed by atoms with Crippen LogP contribution in [0, 0.1) is 12.1 Å². The van der Waals surface area contributed by atoms with Gasteiger partial charge in [-0.25, -0.2) is 27.4 Å². The first kappa shape index (κ1) is 35.3. The standard InChI is InChI=1S/C27H32F3N5O9S/c1-5-33(35(38)43-17-42-26(37)44-18(2)3)14-15-41-25(36)32-45(39,40)22-12-10-21(11-13-22)34-23(16-24(31-34)27(28,29)30)20-8-6-19(4)7-9-20/h6-13,16,18,35H,5,14-15,17H2,1-4H3,(H,32,36). The highest BCUT2D eigenvalue weighted by Gasteiger charge is 2.35. The minimum atomic E-state index is -4.72. The molecule has 1 aromatic heterocycles. The predicted octanol–water partition coefficient (Wildman–Crippen LogP) is 3.35. The fourth-order valence-corrected chi connectivity index (χ4v) is 4.57.